The number of hydrogen-bond acceptors (Lipinski definition) is 3. The minimum atomic E-state index is 0.0937. The molecule has 14 heavy (non-hydrogen) atoms. The van der Waals surface area contributed by atoms with Gasteiger partial charge in [-0.05, 0) is 27.7 Å². The summed E-state index contributed by atoms with van der Waals surface area (Å²) in [7, 11) is 0. The summed E-state index contributed by atoms with van der Waals surface area (Å²) in [6, 6.07) is 0. The van der Waals surface area contributed by atoms with E-state index in [1.165, 1.54) is 0 Å². The van der Waals surface area contributed by atoms with Gasteiger partial charge in [0.2, 0.25) is 0 Å². The summed E-state index contributed by atoms with van der Waals surface area (Å²) in [6.45, 7) is 9.64. The third kappa shape index (κ3) is 2.94. The first-order chi connectivity index (χ1) is 6.69. The quantitative estimate of drug-likeness (QED) is 0.698. The maximum absolute atomic E-state index is 5.72. The van der Waals surface area contributed by atoms with Crippen molar-refractivity contribution in [3.63, 3.8) is 0 Å². The van der Waals surface area contributed by atoms with Crippen LogP contribution in [0, 0.1) is 0 Å². The van der Waals surface area contributed by atoms with Crippen molar-refractivity contribution in [2.75, 3.05) is 13.2 Å². The highest BCUT2D eigenvalue weighted by Crippen LogP contribution is 2.24. The lowest BCUT2D eigenvalue weighted by Crippen LogP contribution is -2.48. The second-order valence-electron chi connectivity index (χ2n) is 3.80. The van der Waals surface area contributed by atoms with Crippen LogP contribution < -0.4 is 0 Å². The van der Waals surface area contributed by atoms with E-state index in [1.807, 2.05) is 13.8 Å². The molecule has 0 N–H and O–H groups in total. The Hall–Kier alpha value is -0.120. The lowest BCUT2D eigenvalue weighted by molar-refractivity contribution is -0.189. The van der Waals surface area contributed by atoms with Gasteiger partial charge in [0.1, 0.15) is 6.10 Å². The zero-order chi connectivity index (χ0) is 10.6. The summed E-state index contributed by atoms with van der Waals surface area (Å²) in [5, 5.41) is 0. The Balaban J connectivity index is 2.55. The zero-order valence-corrected chi connectivity index (χ0v) is 9.66. The second-order valence-corrected chi connectivity index (χ2v) is 3.80. The molecule has 1 fully saturated rings. The summed E-state index contributed by atoms with van der Waals surface area (Å²) in [6.07, 6.45) is 1.63. The van der Waals surface area contributed by atoms with E-state index in [0.29, 0.717) is 0 Å². The Morgan fingerprint density at radius 1 is 1.14 bits per heavy atom. The van der Waals surface area contributed by atoms with Gasteiger partial charge in [0, 0.05) is 19.6 Å². The minimum Gasteiger partial charge on any atom is -0.376 e. The Bertz CT molecular complexity index is 161. The van der Waals surface area contributed by atoms with Crippen molar-refractivity contribution in [3.05, 3.63) is 0 Å². The molecule has 1 aliphatic heterocycles. The fourth-order valence-corrected chi connectivity index (χ4v) is 2.08. The van der Waals surface area contributed by atoms with E-state index in [1.54, 1.807) is 0 Å². The third-order valence-electron chi connectivity index (χ3n) is 2.58. The minimum absolute atomic E-state index is 0.0937. The van der Waals surface area contributed by atoms with Crippen LogP contribution in [0.3, 0.4) is 0 Å². The van der Waals surface area contributed by atoms with E-state index in [9.17, 15) is 0 Å². The molecule has 3 heteroatoms. The predicted molar refractivity (Wildman–Crippen MR) is 55.5 cm³/mol. The lowest BCUT2D eigenvalue weighted by atomic mass is 9.99. The summed E-state index contributed by atoms with van der Waals surface area (Å²) in [5.41, 5.74) is 0. The molecule has 1 rings (SSSR count). The zero-order valence-electron chi connectivity index (χ0n) is 9.66. The Morgan fingerprint density at radius 2 is 1.79 bits per heavy atom. The largest absolute Gasteiger partial charge is 0.376 e. The molecule has 0 aromatic carbocycles. The van der Waals surface area contributed by atoms with E-state index < -0.39 is 0 Å². The molecular formula is C11H22O3. The van der Waals surface area contributed by atoms with Gasteiger partial charge in [0.15, 0.2) is 0 Å². The van der Waals surface area contributed by atoms with E-state index >= 15 is 0 Å². The monoisotopic (exact) mass is 202 g/mol. The van der Waals surface area contributed by atoms with Gasteiger partial charge in [-0.3, -0.25) is 0 Å². The number of hydrogen-bond donors (Lipinski definition) is 0. The first-order valence-electron chi connectivity index (χ1n) is 5.57. The van der Waals surface area contributed by atoms with Gasteiger partial charge in [-0.25, -0.2) is 0 Å². The maximum atomic E-state index is 5.72. The van der Waals surface area contributed by atoms with Crippen molar-refractivity contribution in [3.8, 4) is 0 Å². The smallest absolute Gasteiger partial charge is 0.110 e. The molecule has 0 aromatic rings. The van der Waals surface area contributed by atoms with Crippen molar-refractivity contribution in [2.24, 2.45) is 0 Å². The van der Waals surface area contributed by atoms with Gasteiger partial charge in [0.05, 0.1) is 18.3 Å². The SMILES string of the molecule is CCOC1CC(C)OC(C)C1OCC. The van der Waals surface area contributed by atoms with Crippen LogP contribution in [0.25, 0.3) is 0 Å². The Morgan fingerprint density at radius 3 is 2.36 bits per heavy atom. The molecule has 0 aliphatic carbocycles. The van der Waals surface area contributed by atoms with Crippen LogP contribution in [0.4, 0.5) is 0 Å². The van der Waals surface area contributed by atoms with E-state index in [-0.39, 0.29) is 24.4 Å². The van der Waals surface area contributed by atoms with Crippen molar-refractivity contribution in [1.82, 2.24) is 0 Å². The molecule has 0 saturated carbocycles. The Labute approximate surface area is 86.7 Å². The first-order valence-corrected chi connectivity index (χ1v) is 5.57. The summed E-state index contributed by atoms with van der Waals surface area (Å²) < 4.78 is 17.1. The normalized spacial score (nSPS) is 38.6. The van der Waals surface area contributed by atoms with Crippen molar-refractivity contribution < 1.29 is 14.2 Å². The average molecular weight is 202 g/mol. The molecule has 4 unspecified atom stereocenters. The standard InChI is InChI=1S/C11H22O3/c1-5-12-10-7-8(3)14-9(4)11(10)13-6-2/h8-11H,5-7H2,1-4H3. The molecule has 0 bridgehead atoms. The summed E-state index contributed by atoms with van der Waals surface area (Å²) in [5.74, 6) is 0. The first kappa shape index (κ1) is 12.0. The van der Waals surface area contributed by atoms with Gasteiger partial charge < -0.3 is 14.2 Å². The van der Waals surface area contributed by atoms with E-state index in [0.717, 1.165) is 19.6 Å². The molecule has 0 amide bonds. The van der Waals surface area contributed by atoms with Crippen LogP contribution in [0.2, 0.25) is 0 Å². The van der Waals surface area contributed by atoms with Gasteiger partial charge >= 0.3 is 0 Å². The summed E-state index contributed by atoms with van der Waals surface area (Å²) in [4.78, 5) is 0. The molecule has 84 valence electrons. The van der Waals surface area contributed by atoms with Crippen LogP contribution in [0.5, 0.6) is 0 Å². The van der Waals surface area contributed by atoms with Crippen LogP contribution >= 0.6 is 0 Å². The van der Waals surface area contributed by atoms with Gasteiger partial charge in [0.25, 0.3) is 0 Å². The highest BCUT2D eigenvalue weighted by molar-refractivity contribution is 4.84. The van der Waals surface area contributed by atoms with Gasteiger partial charge in [-0.15, -0.1) is 0 Å². The van der Waals surface area contributed by atoms with Crippen LogP contribution in [-0.4, -0.2) is 37.6 Å². The van der Waals surface area contributed by atoms with Crippen LogP contribution in [-0.2, 0) is 14.2 Å². The molecule has 1 heterocycles. The molecule has 3 nitrogen and oxygen atoms in total. The number of rotatable bonds is 4. The highest BCUT2D eigenvalue weighted by atomic mass is 16.6. The fraction of sp³-hybridized carbons (Fsp3) is 1.00. The van der Waals surface area contributed by atoms with Crippen LogP contribution in [0.15, 0.2) is 0 Å². The Kier molecular flexibility index (Phi) is 4.85. The van der Waals surface area contributed by atoms with Crippen molar-refractivity contribution in [1.29, 1.82) is 0 Å². The highest BCUT2D eigenvalue weighted by Gasteiger charge is 2.35. The fourth-order valence-electron chi connectivity index (χ4n) is 2.08. The molecule has 0 aromatic heterocycles. The van der Waals surface area contributed by atoms with E-state index in [2.05, 4.69) is 13.8 Å². The topological polar surface area (TPSA) is 27.7 Å². The van der Waals surface area contributed by atoms with Gasteiger partial charge in [-0.2, -0.15) is 0 Å². The van der Waals surface area contributed by atoms with Crippen molar-refractivity contribution in [2.45, 2.75) is 58.5 Å². The van der Waals surface area contributed by atoms with Crippen LogP contribution in [0.1, 0.15) is 34.1 Å². The molecule has 1 saturated heterocycles. The maximum Gasteiger partial charge on any atom is 0.110 e. The molecule has 1 aliphatic rings. The lowest BCUT2D eigenvalue weighted by Gasteiger charge is -2.38. The predicted octanol–water partition coefficient (Wildman–Crippen LogP) is 1.99. The molecule has 4 atom stereocenters. The molecular weight excluding hydrogens is 180 g/mol. The van der Waals surface area contributed by atoms with Gasteiger partial charge in [-0.1, -0.05) is 0 Å². The second kappa shape index (κ2) is 5.69. The molecule has 0 radical (unpaired) electrons. The van der Waals surface area contributed by atoms with Crippen molar-refractivity contribution >= 4 is 0 Å². The average Bonchev–Trinajstić information content (AvgIpc) is 2.11. The molecule has 0 spiro atoms. The number of ether oxygens (including phenoxy) is 3. The third-order valence-corrected chi connectivity index (χ3v) is 2.58. The van der Waals surface area contributed by atoms with E-state index in [4.69, 9.17) is 14.2 Å². The summed E-state index contributed by atoms with van der Waals surface area (Å²) >= 11 is 0.